The second kappa shape index (κ2) is 2.10. The molecule has 1 nitrogen and oxygen atoms in total. The average Bonchev–Trinajstić information content (AvgIpc) is 2.70. The van der Waals surface area contributed by atoms with Crippen molar-refractivity contribution in [2.45, 2.75) is 18.8 Å². The van der Waals surface area contributed by atoms with Crippen LogP contribution in [0, 0.1) is 11.3 Å². The highest BCUT2D eigenvalue weighted by Crippen LogP contribution is 2.42. The predicted molar refractivity (Wildman–Crippen MR) is 41.0 cm³/mol. The molecule has 2 rings (SSSR count). The summed E-state index contributed by atoms with van der Waals surface area (Å²) in [6.45, 7) is 0. The van der Waals surface area contributed by atoms with E-state index in [0.29, 0.717) is 0 Å². The van der Waals surface area contributed by atoms with E-state index < -0.39 is 0 Å². The van der Waals surface area contributed by atoms with Crippen LogP contribution in [0.5, 0.6) is 0 Å². The van der Waals surface area contributed by atoms with Crippen molar-refractivity contribution in [2.24, 2.45) is 0 Å². The first-order valence-electron chi connectivity index (χ1n) is 3.40. The summed E-state index contributed by atoms with van der Waals surface area (Å²) in [5.74, 6) is 0.798. The molecule has 1 saturated carbocycles. The summed E-state index contributed by atoms with van der Waals surface area (Å²) in [4.78, 5) is 2.25. The summed E-state index contributed by atoms with van der Waals surface area (Å²) >= 11 is 1.64. The Bertz CT molecular complexity index is 278. The maximum atomic E-state index is 8.51. The Hall–Kier alpha value is -0.810. The maximum absolute atomic E-state index is 8.51. The summed E-state index contributed by atoms with van der Waals surface area (Å²) in [7, 11) is 0. The van der Waals surface area contributed by atoms with Gasteiger partial charge in [0, 0.05) is 4.88 Å². The minimum atomic E-state index is 0.798. The Morgan fingerprint density at radius 1 is 1.50 bits per heavy atom. The van der Waals surface area contributed by atoms with Gasteiger partial charge in [0.15, 0.2) is 0 Å². The molecular formula is C8H7NS. The van der Waals surface area contributed by atoms with E-state index in [1.54, 1.807) is 11.3 Å². The number of hydrogen-bond acceptors (Lipinski definition) is 2. The smallest absolute Gasteiger partial charge is 0.110 e. The van der Waals surface area contributed by atoms with Gasteiger partial charge < -0.3 is 0 Å². The lowest BCUT2D eigenvalue weighted by molar-refractivity contribution is 1.18. The summed E-state index contributed by atoms with van der Waals surface area (Å²) in [6, 6.07) is 6.15. The van der Waals surface area contributed by atoms with Crippen molar-refractivity contribution >= 4 is 11.3 Å². The molecule has 1 aromatic heterocycles. The van der Waals surface area contributed by atoms with Crippen molar-refractivity contribution < 1.29 is 0 Å². The largest absolute Gasteiger partial charge is 0.192 e. The molecule has 0 saturated heterocycles. The third kappa shape index (κ3) is 0.932. The van der Waals surface area contributed by atoms with Gasteiger partial charge in [0.2, 0.25) is 0 Å². The molecule has 0 amide bonds. The fourth-order valence-corrected chi connectivity index (χ4v) is 1.97. The summed E-state index contributed by atoms with van der Waals surface area (Å²) in [5.41, 5.74) is 0. The zero-order chi connectivity index (χ0) is 6.97. The molecule has 0 bridgehead atoms. The third-order valence-electron chi connectivity index (χ3n) is 1.72. The second-order valence-corrected chi connectivity index (χ2v) is 3.70. The van der Waals surface area contributed by atoms with Crippen molar-refractivity contribution in [2.75, 3.05) is 0 Å². The summed E-state index contributed by atoms with van der Waals surface area (Å²) in [5, 5.41) is 8.51. The lowest BCUT2D eigenvalue weighted by Gasteiger charge is -1.83. The van der Waals surface area contributed by atoms with Crippen LogP contribution in [-0.4, -0.2) is 0 Å². The van der Waals surface area contributed by atoms with Crippen molar-refractivity contribution in [3.63, 3.8) is 0 Å². The zero-order valence-corrected chi connectivity index (χ0v) is 6.32. The molecule has 0 aliphatic heterocycles. The van der Waals surface area contributed by atoms with Crippen LogP contribution in [-0.2, 0) is 0 Å². The Balaban J connectivity index is 2.29. The fraction of sp³-hybridized carbons (Fsp3) is 0.375. The van der Waals surface area contributed by atoms with Crippen LogP contribution in [0.4, 0.5) is 0 Å². The SMILES string of the molecule is N#Cc1ccc(C2CC2)s1. The minimum Gasteiger partial charge on any atom is -0.192 e. The van der Waals surface area contributed by atoms with Gasteiger partial charge in [-0.2, -0.15) is 5.26 Å². The van der Waals surface area contributed by atoms with Crippen molar-refractivity contribution in [3.8, 4) is 6.07 Å². The molecule has 0 atom stereocenters. The molecule has 10 heavy (non-hydrogen) atoms. The fourth-order valence-electron chi connectivity index (χ4n) is 1.00. The van der Waals surface area contributed by atoms with Crippen LogP contribution in [0.25, 0.3) is 0 Å². The molecule has 1 aliphatic carbocycles. The van der Waals surface area contributed by atoms with E-state index in [1.165, 1.54) is 17.7 Å². The summed E-state index contributed by atoms with van der Waals surface area (Å²) < 4.78 is 0. The normalized spacial score (nSPS) is 16.7. The lowest BCUT2D eigenvalue weighted by atomic mass is 10.3. The highest BCUT2D eigenvalue weighted by molar-refractivity contribution is 7.12. The molecule has 1 aliphatic rings. The van der Waals surface area contributed by atoms with Gasteiger partial charge in [-0.05, 0) is 30.9 Å². The molecule has 0 aromatic carbocycles. The maximum Gasteiger partial charge on any atom is 0.110 e. The Morgan fingerprint density at radius 2 is 2.30 bits per heavy atom. The molecule has 50 valence electrons. The van der Waals surface area contributed by atoms with E-state index in [-0.39, 0.29) is 0 Å². The van der Waals surface area contributed by atoms with E-state index in [2.05, 4.69) is 12.1 Å². The highest BCUT2D eigenvalue weighted by atomic mass is 32.1. The predicted octanol–water partition coefficient (Wildman–Crippen LogP) is 2.50. The zero-order valence-electron chi connectivity index (χ0n) is 5.50. The Kier molecular flexibility index (Phi) is 1.25. The van der Waals surface area contributed by atoms with Gasteiger partial charge in [0.25, 0.3) is 0 Å². The van der Waals surface area contributed by atoms with E-state index in [9.17, 15) is 0 Å². The number of hydrogen-bond donors (Lipinski definition) is 0. The van der Waals surface area contributed by atoms with Gasteiger partial charge in [0.1, 0.15) is 10.9 Å². The van der Waals surface area contributed by atoms with Crippen LogP contribution in [0.3, 0.4) is 0 Å². The number of nitriles is 1. The third-order valence-corrected chi connectivity index (χ3v) is 2.87. The average molecular weight is 149 g/mol. The van der Waals surface area contributed by atoms with Crippen molar-refractivity contribution in [1.29, 1.82) is 5.26 Å². The van der Waals surface area contributed by atoms with Gasteiger partial charge in [-0.3, -0.25) is 0 Å². The van der Waals surface area contributed by atoms with Gasteiger partial charge in [-0.15, -0.1) is 11.3 Å². The first-order valence-corrected chi connectivity index (χ1v) is 4.21. The molecule has 0 radical (unpaired) electrons. The minimum absolute atomic E-state index is 0.798. The standard InChI is InChI=1S/C8H7NS/c9-5-7-3-4-8(10-7)6-1-2-6/h3-4,6H,1-2H2. The Morgan fingerprint density at radius 3 is 2.80 bits per heavy atom. The monoisotopic (exact) mass is 149 g/mol. The Labute approximate surface area is 63.9 Å². The quantitative estimate of drug-likeness (QED) is 0.601. The number of rotatable bonds is 1. The molecule has 2 heteroatoms. The van der Waals surface area contributed by atoms with Gasteiger partial charge >= 0.3 is 0 Å². The molecule has 0 spiro atoms. The van der Waals surface area contributed by atoms with Gasteiger partial charge in [-0.1, -0.05) is 0 Å². The summed E-state index contributed by atoms with van der Waals surface area (Å²) in [6.07, 6.45) is 2.65. The van der Waals surface area contributed by atoms with Gasteiger partial charge in [-0.25, -0.2) is 0 Å². The molecule has 1 fully saturated rings. The first kappa shape index (κ1) is 5.94. The molecule has 1 heterocycles. The molecule has 0 unspecified atom stereocenters. The second-order valence-electron chi connectivity index (χ2n) is 2.59. The van der Waals surface area contributed by atoms with Crippen LogP contribution in [0.1, 0.15) is 28.5 Å². The molecular weight excluding hydrogens is 142 g/mol. The van der Waals surface area contributed by atoms with Crippen LogP contribution < -0.4 is 0 Å². The van der Waals surface area contributed by atoms with E-state index in [1.807, 2.05) is 6.07 Å². The van der Waals surface area contributed by atoms with Crippen LogP contribution in [0.15, 0.2) is 12.1 Å². The number of nitrogens with zero attached hydrogens (tertiary/aromatic N) is 1. The van der Waals surface area contributed by atoms with Crippen LogP contribution >= 0.6 is 11.3 Å². The first-order chi connectivity index (χ1) is 4.90. The van der Waals surface area contributed by atoms with E-state index in [0.717, 1.165) is 10.8 Å². The van der Waals surface area contributed by atoms with E-state index >= 15 is 0 Å². The topological polar surface area (TPSA) is 23.8 Å². The molecule has 1 aromatic rings. The lowest BCUT2D eigenvalue weighted by Crippen LogP contribution is -1.63. The molecule has 0 N–H and O–H groups in total. The highest BCUT2D eigenvalue weighted by Gasteiger charge is 2.24. The van der Waals surface area contributed by atoms with Crippen molar-refractivity contribution in [3.05, 3.63) is 21.9 Å². The van der Waals surface area contributed by atoms with E-state index in [4.69, 9.17) is 5.26 Å². The number of thiophene rings is 1. The van der Waals surface area contributed by atoms with Crippen molar-refractivity contribution in [1.82, 2.24) is 0 Å². The van der Waals surface area contributed by atoms with Gasteiger partial charge in [0.05, 0.1) is 0 Å². The van der Waals surface area contributed by atoms with Crippen LogP contribution in [0.2, 0.25) is 0 Å².